The van der Waals surface area contributed by atoms with Crippen LogP contribution in [0.3, 0.4) is 0 Å². The predicted octanol–water partition coefficient (Wildman–Crippen LogP) is 1.12. The normalized spacial score (nSPS) is 29.2. The van der Waals surface area contributed by atoms with Gasteiger partial charge in [-0.2, -0.15) is 0 Å². The second kappa shape index (κ2) is 6.51. The fourth-order valence-electron chi connectivity index (χ4n) is 4.49. The number of halogens is 1. The number of esters is 1. The van der Waals surface area contributed by atoms with Crippen LogP contribution in [0, 0.1) is 16.7 Å². The molecule has 140 valence electrons. The second-order valence-electron chi connectivity index (χ2n) is 7.73. The molecule has 3 heterocycles. The summed E-state index contributed by atoms with van der Waals surface area (Å²) in [6, 6.07) is 7.65. The minimum absolute atomic E-state index is 0.0134. The summed E-state index contributed by atoms with van der Waals surface area (Å²) in [6.45, 7) is 3.06. The van der Waals surface area contributed by atoms with E-state index in [1.165, 1.54) is 7.11 Å². The van der Waals surface area contributed by atoms with Crippen LogP contribution < -0.4 is 5.32 Å². The summed E-state index contributed by atoms with van der Waals surface area (Å²) >= 11 is 5.97. The Balaban J connectivity index is 1.53. The van der Waals surface area contributed by atoms with Gasteiger partial charge in [0.1, 0.15) is 5.41 Å². The van der Waals surface area contributed by atoms with E-state index in [-0.39, 0.29) is 17.8 Å². The van der Waals surface area contributed by atoms with Crippen molar-refractivity contribution in [3.05, 3.63) is 34.9 Å². The van der Waals surface area contributed by atoms with Gasteiger partial charge >= 0.3 is 5.97 Å². The van der Waals surface area contributed by atoms with Gasteiger partial charge in [-0.1, -0.05) is 23.7 Å². The quantitative estimate of drug-likeness (QED) is 0.795. The zero-order chi connectivity index (χ0) is 18.4. The van der Waals surface area contributed by atoms with Crippen molar-refractivity contribution in [3.63, 3.8) is 0 Å². The molecule has 4 rings (SSSR count). The Hall–Kier alpha value is -1.63. The Morgan fingerprint density at radius 3 is 2.69 bits per heavy atom. The molecule has 3 aliphatic heterocycles. The zero-order valence-corrected chi connectivity index (χ0v) is 15.6. The molecule has 26 heavy (non-hydrogen) atoms. The molecule has 3 fully saturated rings. The Kier molecular flexibility index (Phi) is 4.45. The lowest BCUT2D eigenvalue weighted by Crippen LogP contribution is -2.63. The molecule has 1 aromatic carbocycles. The molecule has 0 saturated carbocycles. The van der Waals surface area contributed by atoms with E-state index in [4.69, 9.17) is 21.1 Å². The minimum Gasteiger partial charge on any atom is -0.468 e. The van der Waals surface area contributed by atoms with Gasteiger partial charge in [-0.25, -0.2) is 0 Å². The molecule has 3 aliphatic rings. The first-order chi connectivity index (χ1) is 12.5. The van der Waals surface area contributed by atoms with Crippen LogP contribution in [-0.2, 0) is 25.5 Å². The number of hydrogen-bond donors (Lipinski definition) is 1. The van der Waals surface area contributed by atoms with E-state index in [0.717, 1.165) is 5.56 Å². The Morgan fingerprint density at radius 2 is 2.08 bits per heavy atom. The number of likely N-dealkylation sites (tertiary alicyclic amines) is 1. The molecule has 1 amide bonds. The lowest BCUT2D eigenvalue weighted by Gasteiger charge is -2.44. The van der Waals surface area contributed by atoms with Crippen molar-refractivity contribution in [2.75, 3.05) is 46.5 Å². The number of fused-ring (bicyclic) bond motifs is 1. The average molecular weight is 379 g/mol. The van der Waals surface area contributed by atoms with Crippen molar-refractivity contribution in [2.45, 2.75) is 6.42 Å². The number of hydrogen-bond acceptors (Lipinski definition) is 5. The van der Waals surface area contributed by atoms with Crippen LogP contribution >= 0.6 is 11.6 Å². The van der Waals surface area contributed by atoms with Crippen LogP contribution in [-0.4, -0.2) is 63.3 Å². The fourth-order valence-corrected chi connectivity index (χ4v) is 4.62. The number of rotatable bonds is 4. The summed E-state index contributed by atoms with van der Waals surface area (Å²) in [5.41, 5.74) is -0.0668. The number of benzene rings is 1. The summed E-state index contributed by atoms with van der Waals surface area (Å²) < 4.78 is 10.6. The highest BCUT2D eigenvalue weighted by molar-refractivity contribution is 6.30. The monoisotopic (exact) mass is 378 g/mol. The largest absolute Gasteiger partial charge is 0.468 e. The van der Waals surface area contributed by atoms with Crippen LogP contribution in [0.15, 0.2) is 24.3 Å². The van der Waals surface area contributed by atoms with E-state index in [2.05, 4.69) is 5.32 Å². The van der Waals surface area contributed by atoms with Crippen molar-refractivity contribution < 1.29 is 19.1 Å². The van der Waals surface area contributed by atoms with Crippen molar-refractivity contribution >= 4 is 23.5 Å². The summed E-state index contributed by atoms with van der Waals surface area (Å²) in [6.07, 6.45) is 0.666. The van der Waals surface area contributed by atoms with Crippen LogP contribution in [0.2, 0.25) is 5.02 Å². The Bertz CT molecular complexity index is 719. The summed E-state index contributed by atoms with van der Waals surface area (Å²) in [5, 5.41) is 3.93. The number of methoxy groups -OCH3 is 1. The molecule has 1 N–H and O–H groups in total. The third-order valence-corrected chi connectivity index (χ3v) is 6.34. The molecule has 1 aromatic rings. The molecule has 3 saturated heterocycles. The Labute approximate surface area is 157 Å². The van der Waals surface area contributed by atoms with Gasteiger partial charge < -0.3 is 19.7 Å². The maximum atomic E-state index is 13.4. The van der Waals surface area contributed by atoms with Gasteiger partial charge in [0, 0.05) is 37.1 Å². The second-order valence-corrected chi connectivity index (χ2v) is 8.17. The number of nitrogens with one attached hydrogen (secondary N) is 1. The van der Waals surface area contributed by atoms with Crippen molar-refractivity contribution in [1.29, 1.82) is 0 Å². The van der Waals surface area contributed by atoms with Crippen LogP contribution in [0.1, 0.15) is 5.56 Å². The van der Waals surface area contributed by atoms with Gasteiger partial charge in [0.25, 0.3) is 0 Å². The summed E-state index contributed by atoms with van der Waals surface area (Å²) in [4.78, 5) is 27.6. The highest BCUT2D eigenvalue weighted by Gasteiger charge is 2.60. The van der Waals surface area contributed by atoms with Crippen LogP contribution in [0.5, 0.6) is 0 Å². The van der Waals surface area contributed by atoms with Crippen molar-refractivity contribution in [2.24, 2.45) is 16.7 Å². The smallest absolute Gasteiger partial charge is 0.316 e. The summed E-state index contributed by atoms with van der Waals surface area (Å²) in [5.74, 6) is -0.141. The lowest BCUT2D eigenvalue weighted by molar-refractivity contribution is -0.154. The molecule has 6 nitrogen and oxygen atoms in total. The molecular weight excluding hydrogens is 356 g/mol. The first-order valence-corrected chi connectivity index (χ1v) is 9.28. The number of carbonyl (C=O) groups excluding carboxylic acids is 2. The molecule has 0 spiro atoms. The van der Waals surface area contributed by atoms with Gasteiger partial charge in [-0.15, -0.1) is 0 Å². The highest BCUT2D eigenvalue weighted by atomic mass is 35.5. The third-order valence-electron chi connectivity index (χ3n) is 6.09. The van der Waals surface area contributed by atoms with E-state index >= 15 is 0 Å². The standard InChI is InChI=1S/C19H23ClN2O4/c1-25-17(24)19-11-22(7-14(19)8-26-12-19)16(23)18(9-21-10-18)6-13-2-4-15(20)5-3-13/h2-5,14,21H,6-12H2,1H3/t14-,19-/m0/s1. The van der Waals surface area contributed by atoms with E-state index in [9.17, 15) is 9.59 Å². The van der Waals surface area contributed by atoms with E-state index in [1.807, 2.05) is 29.2 Å². The molecule has 7 heteroatoms. The van der Waals surface area contributed by atoms with E-state index < -0.39 is 10.8 Å². The minimum atomic E-state index is -0.705. The topological polar surface area (TPSA) is 67.9 Å². The average Bonchev–Trinajstić information content (AvgIpc) is 3.16. The van der Waals surface area contributed by atoms with E-state index in [1.54, 1.807) is 0 Å². The number of nitrogens with zero attached hydrogens (tertiary/aromatic N) is 1. The SMILES string of the molecule is COC(=O)[C@@]12COC[C@@H]1CN(C(=O)C1(Cc3ccc(Cl)cc3)CNC1)C2. The number of amides is 1. The molecule has 0 aliphatic carbocycles. The van der Waals surface area contributed by atoms with E-state index in [0.29, 0.717) is 50.8 Å². The molecule has 0 radical (unpaired) electrons. The lowest BCUT2D eigenvalue weighted by atomic mass is 9.75. The molecule has 0 aromatic heterocycles. The first kappa shape index (κ1) is 17.8. The highest BCUT2D eigenvalue weighted by Crippen LogP contribution is 2.44. The fraction of sp³-hybridized carbons (Fsp3) is 0.579. The zero-order valence-electron chi connectivity index (χ0n) is 14.8. The van der Waals surface area contributed by atoms with Gasteiger partial charge in [0.2, 0.25) is 5.91 Å². The van der Waals surface area contributed by atoms with Gasteiger partial charge in [-0.05, 0) is 24.1 Å². The molecule has 0 unspecified atom stereocenters. The molecule has 2 atom stereocenters. The molecule has 0 bridgehead atoms. The van der Waals surface area contributed by atoms with Crippen molar-refractivity contribution in [1.82, 2.24) is 10.2 Å². The maximum Gasteiger partial charge on any atom is 0.316 e. The Morgan fingerprint density at radius 1 is 1.35 bits per heavy atom. The maximum absolute atomic E-state index is 13.4. The third kappa shape index (κ3) is 2.71. The van der Waals surface area contributed by atoms with Crippen molar-refractivity contribution in [3.8, 4) is 0 Å². The van der Waals surface area contributed by atoms with Crippen LogP contribution in [0.25, 0.3) is 0 Å². The first-order valence-electron chi connectivity index (χ1n) is 8.90. The van der Waals surface area contributed by atoms with Crippen LogP contribution in [0.4, 0.5) is 0 Å². The molecular formula is C19H23ClN2O4. The number of carbonyl (C=O) groups is 2. The predicted molar refractivity (Wildman–Crippen MR) is 95.8 cm³/mol. The van der Waals surface area contributed by atoms with Gasteiger partial charge in [0.05, 0.1) is 25.7 Å². The van der Waals surface area contributed by atoms with Gasteiger partial charge in [-0.3, -0.25) is 9.59 Å². The summed E-state index contributed by atoms with van der Waals surface area (Å²) in [7, 11) is 1.40. The number of ether oxygens (including phenoxy) is 2. The van der Waals surface area contributed by atoms with Gasteiger partial charge in [0.15, 0.2) is 0 Å².